The van der Waals surface area contributed by atoms with Crippen molar-refractivity contribution in [1.82, 2.24) is 24.3 Å². The molecule has 0 saturated carbocycles. The zero-order valence-electron chi connectivity index (χ0n) is 14.4. The number of piperazine rings is 1. The van der Waals surface area contributed by atoms with E-state index in [1.165, 1.54) is 0 Å². The van der Waals surface area contributed by atoms with Crippen LogP contribution < -0.4 is 5.73 Å². The number of nitrogen functional groups attached to an aromatic ring is 1. The number of nitrogens with zero attached hydrogens (tertiary/aromatic N) is 5. The van der Waals surface area contributed by atoms with Crippen LogP contribution in [0.15, 0.2) is 41.1 Å². The number of carbonyl (C=O) groups is 1. The smallest absolute Gasteiger partial charge is 0.328 e. The minimum atomic E-state index is -0.0151. The maximum absolute atomic E-state index is 13.1. The fourth-order valence-electron chi connectivity index (χ4n) is 3.24. The molecule has 0 radical (unpaired) electrons. The first-order chi connectivity index (χ1) is 12.5. The number of benzene rings is 1. The Hall–Kier alpha value is -2.45. The summed E-state index contributed by atoms with van der Waals surface area (Å²) >= 11 is 3.52. The van der Waals surface area contributed by atoms with Gasteiger partial charge < -0.3 is 15.5 Å². The van der Waals surface area contributed by atoms with Gasteiger partial charge in [-0.05, 0) is 31.3 Å². The van der Waals surface area contributed by atoms with E-state index in [1.807, 2.05) is 29.3 Å². The number of fused-ring (bicyclic) bond motifs is 1. The molecule has 3 heterocycles. The van der Waals surface area contributed by atoms with Crippen molar-refractivity contribution in [2.75, 3.05) is 39.0 Å². The van der Waals surface area contributed by atoms with Crippen molar-refractivity contribution in [3.05, 3.63) is 41.1 Å². The van der Waals surface area contributed by atoms with Crippen LogP contribution in [0.2, 0.25) is 0 Å². The summed E-state index contributed by atoms with van der Waals surface area (Å²) in [5.41, 5.74) is 8.16. The van der Waals surface area contributed by atoms with Gasteiger partial charge in [0.1, 0.15) is 0 Å². The van der Waals surface area contributed by atoms with Crippen LogP contribution in [0, 0.1) is 0 Å². The average Bonchev–Trinajstić information content (AvgIpc) is 3.00. The molecule has 1 aliphatic rings. The van der Waals surface area contributed by atoms with E-state index in [-0.39, 0.29) is 12.0 Å². The third-order valence-electron chi connectivity index (χ3n) is 4.70. The highest BCUT2D eigenvalue weighted by Gasteiger charge is 2.23. The van der Waals surface area contributed by atoms with Crippen LogP contribution in [0.3, 0.4) is 0 Å². The Bertz CT molecular complexity index is 977. The Kier molecular flexibility index (Phi) is 4.37. The molecule has 1 saturated heterocycles. The van der Waals surface area contributed by atoms with Gasteiger partial charge in [-0.15, -0.1) is 0 Å². The van der Waals surface area contributed by atoms with E-state index in [0.29, 0.717) is 5.69 Å². The van der Waals surface area contributed by atoms with E-state index in [9.17, 15) is 4.79 Å². The highest BCUT2D eigenvalue weighted by atomic mass is 79.9. The Balaban J connectivity index is 1.82. The second-order valence-corrected chi connectivity index (χ2v) is 7.36. The monoisotopic (exact) mass is 414 g/mol. The fraction of sp³-hybridized carbons (Fsp3) is 0.278. The largest absolute Gasteiger partial charge is 0.368 e. The van der Waals surface area contributed by atoms with Gasteiger partial charge >= 0.3 is 6.03 Å². The lowest BCUT2D eigenvalue weighted by Gasteiger charge is -2.32. The first kappa shape index (κ1) is 17.0. The second kappa shape index (κ2) is 6.69. The molecule has 0 unspecified atom stereocenters. The number of likely N-dealkylation sites (N-methyl/N-ethyl adjacent to an activating group) is 1. The van der Waals surface area contributed by atoms with Gasteiger partial charge in [0.2, 0.25) is 5.95 Å². The summed E-state index contributed by atoms with van der Waals surface area (Å²) in [6, 6.07) is 7.67. The molecule has 7 nitrogen and oxygen atoms in total. The van der Waals surface area contributed by atoms with E-state index >= 15 is 0 Å². The number of anilines is 1. The van der Waals surface area contributed by atoms with Crippen LogP contribution in [0.25, 0.3) is 22.2 Å². The van der Waals surface area contributed by atoms with Crippen molar-refractivity contribution in [2.24, 2.45) is 0 Å². The topological polar surface area (TPSA) is 80.3 Å². The van der Waals surface area contributed by atoms with Gasteiger partial charge in [0, 0.05) is 54.0 Å². The summed E-state index contributed by atoms with van der Waals surface area (Å²) in [6.07, 6.45) is 3.47. The Morgan fingerprint density at radius 1 is 1.19 bits per heavy atom. The van der Waals surface area contributed by atoms with Crippen LogP contribution in [-0.2, 0) is 0 Å². The van der Waals surface area contributed by atoms with Crippen molar-refractivity contribution >= 4 is 38.8 Å². The number of amides is 1. The van der Waals surface area contributed by atoms with Crippen molar-refractivity contribution in [2.45, 2.75) is 0 Å². The van der Waals surface area contributed by atoms with E-state index in [2.05, 4.69) is 37.8 Å². The van der Waals surface area contributed by atoms with Crippen LogP contribution in [0.1, 0.15) is 0 Å². The molecule has 0 spiro atoms. The van der Waals surface area contributed by atoms with E-state index in [4.69, 9.17) is 5.73 Å². The third-order valence-corrected chi connectivity index (χ3v) is 5.19. The molecular formula is C18H19BrN6O. The van der Waals surface area contributed by atoms with Gasteiger partial charge in [-0.3, -0.25) is 4.57 Å². The molecule has 1 amide bonds. The van der Waals surface area contributed by atoms with Gasteiger partial charge in [0.15, 0.2) is 0 Å². The number of carbonyl (C=O) groups excluding carboxylic acids is 1. The summed E-state index contributed by atoms with van der Waals surface area (Å²) in [5, 5.41) is 0.944. The first-order valence-electron chi connectivity index (χ1n) is 8.40. The lowest BCUT2D eigenvalue weighted by Crippen LogP contribution is -2.48. The van der Waals surface area contributed by atoms with E-state index in [1.54, 1.807) is 16.8 Å². The van der Waals surface area contributed by atoms with Gasteiger partial charge in [-0.2, -0.15) is 0 Å². The van der Waals surface area contributed by atoms with Crippen LogP contribution >= 0.6 is 15.9 Å². The van der Waals surface area contributed by atoms with Crippen molar-refractivity contribution < 1.29 is 4.79 Å². The number of rotatable bonds is 1. The van der Waals surface area contributed by atoms with Crippen molar-refractivity contribution in [3.63, 3.8) is 0 Å². The number of aromatic nitrogens is 3. The number of nitrogens with two attached hydrogens (primary N) is 1. The number of halogens is 1. The van der Waals surface area contributed by atoms with Gasteiger partial charge in [-0.1, -0.05) is 15.9 Å². The Morgan fingerprint density at radius 3 is 2.69 bits per heavy atom. The molecule has 0 bridgehead atoms. The summed E-state index contributed by atoms with van der Waals surface area (Å²) in [6.45, 7) is 3.21. The summed E-state index contributed by atoms with van der Waals surface area (Å²) < 4.78 is 2.65. The third kappa shape index (κ3) is 3.06. The molecule has 2 N–H and O–H groups in total. The highest BCUT2D eigenvalue weighted by molar-refractivity contribution is 9.10. The molecule has 26 heavy (non-hydrogen) atoms. The quantitative estimate of drug-likeness (QED) is 0.661. The normalized spacial score (nSPS) is 15.5. The minimum absolute atomic E-state index is 0.0151. The Labute approximate surface area is 159 Å². The molecule has 3 aromatic rings. The predicted molar refractivity (Wildman–Crippen MR) is 105 cm³/mol. The molecular weight excluding hydrogens is 396 g/mol. The maximum Gasteiger partial charge on any atom is 0.328 e. The molecule has 2 aromatic heterocycles. The molecule has 1 fully saturated rings. The fourth-order valence-corrected chi connectivity index (χ4v) is 3.60. The van der Waals surface area contributed by atoms with Crippen LogP contribution in [-0.4, -0.2) is 63.6 Å². The first-order valence-corrected chi connectivity index (χ1v) is 9.19. The van der Waals surface area contributed by atoms with Crippen LogP contribution in [0.4, 0.5) is 10.7 Å². The van der Waals surface area contributed by atoms with Gasteiger partial charge in [0.25, 0.3) is 0 Å². The van der Waals surface area contributed by atoms with E-state index < -0.39 is 0 Å². The lowest BCUT2D eigenvalue weighted by molar-refractivity contribution is 0.156. The zero-order chi connectivity index (χ0) is 18.3. The molecule has 8 heteroatoms. The summed E-state index contributed by atoms with van der Waals surface area (Å²) in [5.74, 6) is 0.212. The lowest BCUT2D eigenvalue weighted by atomic mass is 10.1. The SMILES string of the molecule is CN1CCN(C(=O)n2cc(-c3ccnc(N)n3)c3cc(Br)ccc32)CC1. The summed E-state index contributed by atoms with van der Waals surface area (Å²) in [7, 11) is 2.07. The highest BCUT2D eigenvalue weighted by Crippen LogP contribution is 2.32. The molecule has 1 aliphatic heterocycles. The number of hydrogen-bond acceptors (Lipinski definition) is 5. The van der Waals surface area contributed by atoms with Crippen molar-refractivity contribution in [3.8, 4) is 11.3 Å². The Morgan fingerprint density at radius 2 is 1.96 bits per heavy atom. The van der Waals surface area contributed by atoms with E-state index in [0.717, 1.165) is 47.1 Å². The predicted octanol–water partition coefficient (Wildman–Crippen LogP) is 2.66. The second-order valence-electron chi connectivity index (χ2n) is 6.45. The summed E-state index contributed by atoms with van der Waals surface area (Å²) in [4.78, 5) is 25.5. The van der Waals surface area contributed by atoms with Gasteiger partial charge in [0.05, 0.1) is 11.2 Å². The maximum atomic E-state index is 13.1. The standard InChI is InChI=1S/C18H19BrN6O/c1-23-6-8-24(9-7-23)18(26)25-11-14(15-4-5-21-17(20)22-15)13-10-12(19)2-3-16(13)25/h2-5,10-11H,6-9H2,1H3,(H2,20,21,22). The molecule has 0 atom stereocenters. The molecule has 1 aromatic carbocycles. The van der Waals surface area contributed by atoms with Crippen LogP contribution in [0.5, 0.6) is 0 Å². The van der Waals surface area contributed by atoms with Gasteiger partial charge in [-0.25, -0.2) is 14.8 Å². The molecule has 134 valence electrons. The number of hydrogen-bond donors (Lipinski definition) is 1. The average molecular weight is 415 g/mol. The molecule has 0 aliphatic carbocycles. The minimum Gasteiger partial charge on any atom is -0.368 e. The van der Waals surface area contributed by atoms with Crippen molar-refractivity contribution in [1.29, 1.82) is 0 Å². The zero-order valence-corrected chi connectivity index (χ0v) is 16.0. The molecule has 4 rings (SSSR count).